The number of pyridine rings is 1. The minimum absolute atomic E-state index is 0.123. The van der Waals surface area contributed by atoms with Crippen molar-refractivity contribution in [1.82, 2.24) is 4.98 Å². The first-order valence-electron chi connectivity index (χ1n) is 10.1. The van der Waals surface area contributed by atoms with Gasteiger partial charge in [-0.15, -0.1) is 0 Å². The molecule has 1 aromatic heterocycles. The van der Waals surface area contributed by atoms with Crippen molar-refractivity contribution >= 4 is 28.8 Å². The molecule has 9 heteroatoms. The number of benzene rings is 2. The number of carbonyl (C=O) groups excluding carboxylic acids is 2. The molecule has 166 valence electrons. The minimum atomic E-state index is -0.930. The fourth-order valence-electron chi connectivity index (χ4n) is 3.75. The third kappa shape index (κ3) is 4.03. The van der Waals surface area contributed by atoms with E-state index in [2.05, 4.69) is 4.98 Å². The monoisotopic (exact) mass is 445 g/mol. The predicted molar refractivity (Wildman–Crippen MR) is 120 cm³/mol. The summed E-state index contributed by atoms with van der Waals surface area (Å²) in [5, 5.41) is 22.0. The largest absolute Gasteiger partial charge is 0.507 e. The van der Waals surface area contributed by atoms with Gasteiger partial charge >= 0.3 is 0 Å². The van der Waals surface area contributed by atoms with Crippen LogP contribution in [0, 0.1) is 10.1 Å². The summed E-state index contributed by atoms with van der Waals surface area (Å²) in [5.74, 6) is -1.57. The van der Waals surface area contributed by atoms with Gasteiger partial charge in [0.05, 0.1) is 23.1 Å². The lowest BCUT2D eigenvalue weighted by Crippen LogP contribution is -2.29. The number of Topliss-reactive ketones (excluding diaryl/α,β-unsaturated/α-hetero) is 1. The van der Waals surface area contributed by atoms with E-state index in [1.165, 1.54) is 41.6 Å². The van der Waals surface area contributed by atoms with Crippen LogP contribution in [0.2, 0.25) is 0 Å². The number of ether oxygens (including phenoxy) is 1. The van der Waals surface area contributed by atoms with Gasteiger partial charge < -0.3 is 9.84 Å². The lowest BCUT2D eigenvalue weighted by atomic mass is 9.95. The van der Waals surface area contributed by atoms with Crippen molar-refractivity contribution < 1.29 is 24.4 Å². The average Bonchev–Trinajstić information content (AvgIpc) is 3.10. The second-order valence-corrected chi connectivity index (χ2v) is 7.18. The number of carbonyl (C=O) groups is 2. The van der Waals surface area contributed by atoms with Crippen molar-refractivity contribution in [2.24, 2.45) is 0 Å². The van der Waals surface area contributed by atoms with E-state index in [-0.39, 0.29) is 16.8 Å². The van der Waals surface area contributed by atoms with Crippen molar-refractivity contribution in [1.29, 1.82) is 0 Å². The lowest BCUT2D eigenvalue weighted by molar-refractivity contribution is -0.384. The highest BCUT2D eigenvalue weighted by atomic mass is 16.6. The van der Waals surface area contributed by atoms with Crippen LogP contribution in [0.15, 0.2) is 78.6 Å². The molecule has 0 aliphatic carbocycles. The van der Waals surface area contributed by atoms with Crippen molar-refractivity contribution in [2.45, 2.75) is 13.0 Å². The number of nitrogens with zero attached hydrogens (tertiary/aromatic N) is 3. The molecule has 0 radical (unpaired) electrons. The third-order valence-corrected chi connectivity index (χ3v) is 5.22. The number of aliphatic hydroxyl groups excluding tert-OH is 1. The summed E-state index contributed by atoms with van der Waals surface area (Å²) in [7, 11) is 0. The molecular weight excluding hydrogens is 426 g/mol. The first-order chi connectivity index (χ1) is 15.9. The molecule has 0 spiro atoms. The van der Waals surface area contributed by atoms with Crippen LogP contribution in [0.5, 0.6) is 5.75 Å². The maximum absolute atomic E-state index is 13.1. The Morgan fingerprint density at radius 1 is 1.12 bits per heavy atom. The van der Waals surface area contributed by atoms with E-state index in [1.54, 1.807) is 36.4 Å². The van der Waals surface area contributed by atoms with Crippen LogP contribution in [0.4, 0.5) is 11.4 Å². The number of anilines is 1. The molecule has 4 rings (SSSR count). The zero-order valence-electron chi connectivity index (χ0n) is 17.5. The summed E-state index contributed by atoms with van der Waals surface area (Å²) in [5.41, 5.74) is 0.884. The van der Waals surface area contributed by atoms with Gasteiger partial charge in [0, 0.05) is 41.8 Å². The van der Waals surface area contributed by atoms with Gasteiger partial charge in [0.2, 0.25) is 0 Å². The molecular formula is C24H19N3O6. The molecule has 1 aliphatic rings. The van der Waals surface area contributed by atoms with Gasteiger partial charge in [0.15, 0.2) is 0 Å². The van der Waals surface area contributed by atoms with Gasteiger partial charge in [-0.1, -0.05) is 6.07 Å². The Bertz CT molecular complexity index is 1250. The highest BCUT2D eigenvalue weighted by molar-refractivity contribution is 6.51. The van der Waals surface area contributed by atoms with Crippen LogP contribution in [0.3, 0.4) is 0 Å². The van der Waals surface area contributed by atoms with Crippen LogP contribution >= 0.6 is 0 Å². The molecule has 1 fully saturated rings. The number of hydrogen-bond donors (Lipinski definition) is 1. The zero-order valence-corrected chi connectivity index (χ0v) is 17.5. The summed E-state index contributed by atoms with van der Waals surface area (Å²) in [6.07, 6.45) is 3.05. The van der Waals surface area contributed by atoms with Gasteiger partial charge in [0.1, 0.15) is 11.5 Å². The number of nitro groups is 1. The summed E-state index contributed by atoms with van der Waals surface area (Å²) >= 11 is 0. The third-order valence-electron chi connectivity index (χ3n) is 5.22. The molecule has 2 heterocycles. The van der Waals surface area contributed by atoms with E-state index in [0.29, 0.717) is 23.6 Å². The van der Waals surface area contributed by atoms with Crippen LogP contribution in [0.1, 0.15) is 24.1 Å². The second kappa shape index (κ2) is 8.91. The summed E-state index contributed by atoms with van der Waals surface area (Å²) < 4.78 is 5.53. The van der Waals surface area contributed by atoms with Crippen molar-refractivity contribution in [3.05, 3.63) is 99.9 Å². The number of nitro benzene ring substituents is 1. The van der Waals surface area contributed by atoms with Gasteiger partial charge in [-0.25, -0.2) is 0 Å². The maximum Gasteiger partial charge on any atom is 0.300 e. The molecule has 1 atom stereocenters. The molecule has 1 N–H and O–H groups in total. The maximum atomic E-state index is 13.1. The minimum Gasteiger partial charge on any atom is -0.507 e. The Hall–Kier alpha value is -4.53. The number of aromatic nitrogens is 1. The number of amides is 1. The van der Waals surface area contributed by atoms with Gasteiger partial charge in [-0.05, 0) is 48.9 Å². The summed E-state index contributed by atoms with van der Waals surface area (Å²) in [4.78, 5) is 41.9. The molecule has 0 saturated carbocycles. The van der Waals surface area contributed by atoms with Crippen LogP contribution < -0.4 is 9.64 Å². The Kier molecular flexibility index (Phi) is 5.86. The average molecular weight is 445 g/mol. The smallest absolute Gasteiger partial charge is 0.300 e. The van der Waals surface area contributed by atoms with Crippen molar-refractivity contribution in [2.75, 3.05) is 11.5 Å². The molecule has 1 aliphatic heterocycles. The molecule has 1 unspecified atom stereocenters. The highest BCUT2D eigenvalue weighted by Gasteiger charge is 2.47. The van der Waals surface area contributed by atoms with Gasteiger partial charge in [-0.2, -0.15) is 0 Å². The number of non-ortho nitro benzene ring substituents is 1. The zero-order chi connectivity index (χ0) is 23.5. The van der Waals surface area contributed by atoms with Gasteiger partial charge in [0.25, 0.3) is 17.4 Å². The first kappa shape index (κ1) is 21.7. The standard InChI is InChI=1S/C24H19N3O6/c1-2-33-19-5-3-4-18(14-19)26-21(15-10-12-25-13-11-15)20(23(29)24(26)30)22(28)16-6-8-17(9-7-16)27(31)32/h3-14,21,28H,2H2,1H3/b22-20+. The molecule has 33 heavy (non-hydrogen) atoms. The topological polar surface area (TPSA) is 123 Å². The van der Waals surface area contributed by atoms with Gasteiger partial charge in [-0.3, -0.25) is 29.6 Å². The molecule has 2 aromatic carbocycles. The van der Waals surface area contributed by atoms with Crippen molar-refractivity contribution in [3.8, 4) is 5.75 Å². The molecule has 3 aromatic rings. The second-order valence-electron chi connectivity index (χ2n) is 7.18. The Balaban J connectivity index is 1.88. The van der Waals surface area contributed by atoms with E-state index in [9.17, 15) is 24.8 Å². The molecule has 9 nitrogen and oxygen atoms in total. The van der Waals surface area contributed by atoms with Crippen LogP contribution in [-0.2, 0) is 9.59 Å². The lowest BCUT2D eigenvalue weighted by Gasteiger charge is -2.25. The first-order valence-corrected chi connectivity index (χ1v) is 10.1. The van der Waals surface area contributed by atoms with Crippen LogP contribution in [-0.4, -0.2) is 33.3 Å². The normalized spacial score (nSPS) is 17.2. The fourth-order valence-corrected chi connectivity index (χ4v) is 3.75. The van der Waals surface area contributed by atoms with E-state index >= 15 is 0 Å². The van der Waals surface area contributed by atoms with Crippen LogP contribution in [0.25, 0.3) is 5.76 Å². The molecule has 1 saturated heterocycles. The van der Waals surface area contributed by atoms with Crippen molar-refractivity contribution in [3.63, 3.8) is 0 Å². The van der Waals surface area contributed by atoms with E-state index in [4.69, 9.17) is 4.74 Å². The van der Waals surface area contributed by atoms with E-state index in [0.717, 1.165) is 0 Å². The highest BCUT2D eigenvalue weighted by Crippen LogP contribution is 2.42. The van der Waals surface area contributed by atoms with E-state index < -0.39 is 28.4 Å². The Morgan fingerprint density at radius 3 is 2.45 bits per heavy atom. The fraction of sp³-hybridized carbons (Fsp3) is 0.125. The number of rotatable bonds is 6. The number of ketones is 1. The summed E-state index contributed by atoms with van der Waals surface area (Å²) in [6, 6.07) is 14.2. The Labute approximate surface area is 188 Å². The summed E-state index contributed by atoms with van der Waals surface area (Å²) in [6.45, 7) is 2.26. The number of aliphatic hydroxyl groups is 1. The SMILES string of the molecule is CCOc1cccc(N2C(=O)C(=O)/C(=C(/O)c3ccc([N+](=O)[O-])cc3)C2c2ccncc2)c1. The quantitative estimate of drug-likeness (QED) is 0.200. The number of hydrogen-bond acceptors (Lipinski definition) is 7. The molecule has 1 amide bonds. The molecule has 0 bridgehead atoms. The Morgan fingerprint density at radius 2 is 1.82 bits per heavy atom. The van der Waals surface area contributed by atoms with E-state index in [1.807, 2.05) is 6.92 Å². The predicted octanol–water partition coefficient (Wildman–Crippen LogP) is 4.01.